The maximum atomic E-state index is 8.84. The molecule has 2 aromatic rings. The van der Waals surface area contributed by atoms with Crippen LogP contribution < -0.4 is 9.47 Å². The van der Waals surface area contributed by atoms with Gasteiger partial charge in [-0.2, -0.15) is 5.26 Å². The molecular weight excluding hydrogens is 374 g/mol. The third-order valence-corrected chi connectivity index (χ3v) is 6.43. The quantitative estimate of drug-likeness (QED) is 0.683. The molecule has 30 heavy (non-hydrogen) atoms. The highest BCUT2D eigenvalue weighted by molar-refractivity contribution is 5.45. The number of hydrogen-bond acceptors (Lipinski definition) is 5. The number of likely N-dealkylation sites (N-methyl/N-ethyl adjacent to an activating group) is 1. The van der Waals surface area contributed by atoms with Crippen LogP contribution in [0.1, 0.15) is 35.4 Å². The van der Waals surface area contributed by atoms with Crippen molar-refractivity contribution >= 4 is 0 Å². The van der Waals surface area contributed by atoms with Gasteiger partial charge in [0.2, 0.25) is 0 Å². The van der Waals surface area contributed by atoms with Crippen LogP contribution in [0.5, 0.6) is 11.5 Å². The molecular formula is C25H31N3O2. The van der Waals surface area contributed by atoms with Crippen LogP contribution in [-0.2, 0) is 6.54 Å². The van der Waals surface area contributed by atoms with Crippen molar-refractivity contribution in [3.8, 4) is 17.6 Å². The molecule has 0 radical (unpaired) electrons. The summed E-state index contributed by atoms with van der Waals surface area (Å²) in [6.07, 6.45) is 2.21. The Kier molecular flexibility index (Phi) is 6.56. The molecule has 2 heterocycles. The van der Waals surface area contributed by atoms with Crippen molar-refractivity contribution in [3.63, 3.8) is 0 Å². The van der Waals surface area contributed by atoms with E-state index in [0.717, 1.165) is 57.1 Å². The first kappa shape index (κ1) is 20.7. The second-order valence-corrected chi connectivity index (χ2v) is 8.57. The number of ether oxygens (including phenoxy) is 2. The lowest BCUT2D eigenvalue weighted by Crippen LogP contribution is -2.35. The second kappa shape index (κ2) is 9.51. The summed E-state index contributed by atoms with van der Waals surface area (Å²) in [5.41, 5.74) is 4.07. The van der Waals surface area contributed by atoms with Gasteiger partial charge in [0.1, 0.15) is 11.5 Å². The summed E-state index contributed by atoms with van der Waals surface area (Å²) in [4.78, 5) is 4.61. The van der Waals surface area contributed by atoms with Gasteiger partial charge in [0.25, 0.3) is 0 Å². The first-order valence-corrected chi connectivity index (χ1v) is 10.8. The summed E-state index contributed by atoms with van der Waals surface area (Å²) in [7, 11) is 3.89. The van der Waals surface area contributed by atoms with Crippen molar-refractivity contribution in [2.45, 2.75) is 25.3 Å². The Morgan fingerprint density at radius 2 is 1.80 bits per heavy atom. The fraction of sp³-hybridized carbons (Fsp3) is 0.480. The van der Waals surface area contributed by atoms with Crippen LogP contribution in [0, 0.1) is 17.2 Å². The normalized spacial score (nSPS) is 20.4. The average molecular weight is 406 g/mol. The fourth-order valence-corrected chi connectivity index (χ4v) is 4.66. The lowest BCUT2D eigenvalue weighted by molar-refractivity contribution is 0.151. The first-order chi connectivity index (χ1) is 14.7. The van der Waals surface area contributed by atoms with Crippen LogP contribution in [0.25, 0.3) is 0 Å². The number of rotatable bonds is 6. The predicted molar refractivity (Wildman–Crippen MR) is 118 cm³/mol. The van der Waals surface area contributed by atoms with E-state index in [4.69, 9.17) is 14.7 Å². The van der Waals surface area contributed by atoms with E-state index >= 15 is 0 Å². The molecule has 1 atom stereocenters. The molecule has 1 fully saturated rings. The van der Waals surface area contributed by atoms with Crippen molar-refractivity contribution < 1.29 is 9.47 Å². The molecule has 0 amide bonds. The molecule has 2 aromatic carbocycles. The van der Waals surface area contributed by atoms with Crippen LogP contribution in [0.4, 0.5) is 0 Å². The van der Waals surface area contributed by atoms with E-state index in [9.17, 15) is 0 Å². The van der Waals surface area contributed by atoms with E-state index < -0.39 is 0 Å². The summed E-state index contributed by atoms with van der Waals surface area (Å²) in [5, 5.41) is 8.84. The van der Waals surface area contributed by atoms with Gasteiger partial charge < -0.3 is 14.4 Å². The summed E-state index contributed by atoms with van der Waals surface area (Å²) < 4.78 is 11.5. The van der Waals surface area contributed by atoms with Gasteiger partial charge in [-0.1, -0.05) is 18.2 Å². The Bertz CT molecular complexity index is 882. The van der Waals surface area contributed by atoms with E-state index in [1.54, 1.807) is 7.11 Å². The number of piperidine rings is 1. The third-order valence-electron chi connectivity index (χ3n) is 6.43. The van der Waals surface area contributed by atoms with E-state index in [0.29, 0.717) is 18.4 Å². The third kappa shape index (κ3) is 4.77. The molecule has 5 nitrogen and oxygen atoms in total. The van der Waals surface area contributed by atoms with E-state index in [1.807, 2.05) is 12.1 Å². The molecule has 158 valence electrons. The first-order valence-electron chi connectivity index (χ1n) is 10.8. The molecule has 4 rings (SSSR count). The number of benzene rings is 2. The Balaban J connectivity index is 1.42. The van der Waals surface area contributed by atoms with Crippen molar-refractivity contribution in [1.29, 1.82) is 5.26 Å². The predicted octanol–water partition coefficient (Wildman–Crippen LogP) is 3.89. The summed E-state index contributed by atoms with van der Waals surface area (Å²) in [6.45, 7) is 5.27. The van der Waals surface area contributed by atoms with E-state index in [1.165, 1.54) is 16.7 Å². The van der Waals surface area contributed by atoms with Crippen molar-refractivity contribution in [3.05, 3.63) is 59.2 Å². The number of nitriles is 1. The van der Waals surface area contributed by atoms with Crippen LogP contribution >= 0.6 is 0 Å². The highest BCUT2D eigenvalue weighted by Gasteiger charge is 2.25. The van der Waals surface area contributed by atoms with Gasteiger partial charge in [-0.05, 0) is 79.9 Å². The number of hydrogen-bond donors (Lipinski definition) is 0. The highest BCUT2D eigenvalue weighted by atomic mass is 16.5. The molecule has 0 N–H and O–H groups in total. The lowest BCUT2D eigenvalue weighted by Gasteiger charge is -2.33. The number of fused-ring (bicyclic) bond motifs is 1. The van der Waals surface area contributed by atoms with Crippen LogP contribution in [0.15, 0.2) is 42.5 Å². The molecule has 0 bridgehead atoms. The smallest absolute Gasteiger partial charge is 0.119 e. The second-order valence-electron chi connectivity index (χ2n) is 8.57. The minimum Gasteiger partial charge on any atom is -0.497 e. The Hall–Kier alpha value is -2.55. The average Bonchev–Trinajstić information content (AvgIpc) is 2.78. The van der Waals surface area contributed by atoms with Crippen molar-refractivity contribution in [2.75, 3.05) is 46.9 Å². The molecule has 0 aromatic heterocycles. The van der Waals surface area contributed by atoms with Gasteiger partial charge in [-0.15, -0.1) is 0 Å². The molecule has 2 aliphatic rings. The largest absolute Gasteiger partial charge is 0.497 e. The van der Waals surface area contributed by atoms with Crippen LogP contribution in [0.2, 0.25) is 0 Å². The topological polar surface area (TPSA) is 48.7 Å². The van der Waals surface area contributed by atoms with Gasteiger partial charge in [0, 0.05) is 19.0 Å². The lowest BCUT2D eigenvalue weighted by atomic mass is 9.84. The van der Waals surface area contributed by atoms with Crippen molar-refractivity contribution in [1.82, 2.24) is 9.80 Å². The zero-order valence-electron chi connectivity index (χ0n) is 18.0. The van der Waals surface area contributed by atoms with Crippen LogP contribution in [0.3, 0.4) is 0 Å². The minimum absolute atomic E-state index is 0.364. The number of likely N-dealkylation sites (tertiary alicyclic amines) is 1. The van der Waals surface area contributed by atoms with E-state index in [2.05, 4.69) is 53.2 Å². The number of methoxy groups -OCH3 is 1. The maximum Gasteiger partial charge on any atom is 0.119 e. The molecule has 0 aliphatic carbocycles. The van der Waals surface area contributed by atoms with Gasteiger partial charge in [-0.25, -0.2) is 0 Å². The Morgan fingerprint density at radius 3 is 2.50 bits per heavy atom. The van der Waals surface area contributed by atoms with Gasteiger partial charge in [0.05, 0.1) is 26.3 Å². The molecule has 0 spiro atoms. The highest BCUT2D eigenvalue weighted by Crippen LogP contribution is 2.35. The summed E-state index contributed by atoms with van der Waals surface area (Å²) in [6, 6.07) is 17.3. The minimum atomic E-state index is 0.364. The zero-order chi connectivity index (χ0) is 20.9. The SMILES string of the molecule is COc1ccc(C2CN(C)Cc3cc(OCC4CCN(CC#N)CC4)ccc32)cc1. The van der Waals surface area contributed by atoms with Gasteiger partial charge in [-0.3, -0.25) is 4.90 Å². The summed E-state index contributed by atoms with van der Waals surface area (Å²) in [5.74, 6) is 2.80. The van der Waals surface area contributed by atoms with Crippen LogP contribution in [-0.4, -0.2) is 56.7 Å². The molecule has 1 unspecified atom stereocenters. The Labute approximate surface area is 179 Å². The monoisotopic (exact) mass is 405 g/mol. The fourth-order valence-electron chi connectivity index (χ4n) is 4.66. The van der Waals surface area contributed by atoms with Crippen molar-refractivity contribution in [2.24, 2.45) is 5.92 Å². The van der Waals surface area contributed by atoms with Gasteiger partial charge >= 0.3 is 0 Å². The summed E-state index contributed by atoms with van der Waals surface area (Å²) >= 11 is 0. The molecule has 0 saturated carbocycles. The standard InChI is InChI=1S/C25H31N3O2/c1-27-16-21-15-23(30-18-19-9-12-28(13-10-19)14-11-26)7-8-24(21)25(17-27)20-3-5-22(29-2)6-4-20/h3-8,15,19,25H,9-10,12-14,16-18H2,1-2H3. The molecule has 2 aliphatic heterocycles. The number of nitrogens with zero attached hydrogens (tertiary/aromatic N) is 3. The van der Waals surface area contributed by atoms with E-state index in [-0.39, 0.29) is 0 Å². The zero-order valence-corrected chi connectivity index (χ0v) is 18.0. The molecule has 1 saturated heterocycles. The van der Waals surface area contributed by atoms with Gasteiger partial charge in [0.15, 0.2) is 0 Å². The maximum absolute atomic E-state index is 8.84. The Morgan fingerprint density at radius 1 is 1.07 bits per heavy atom. The molecule has 5 heteroatoms.